The lowest BCUT2D eigenvalue weighted by Crippen LogP contribution is -2.59. The van der Waals surface area contributed by atoms with E-state index in [1.165, 1.54) is 10.1 Å². The highest BCUT2D eigenvalue weighted by Gasteiger charge is 2.45. The van der Waals surface area contributed by atoms with Crippen LogP contribution in [0.3, 0.4) is 0 Å². The predicted octanol–water partition coefficient (Wildman–Crippen LogP) is 1.95. The highest BCUT2D eigenvalue weighted by atomic mass is 16.5. The Morgan fingerprint density at radius 2 is 0.865 bits per heavy atom. The summed E-state index contributed by atoms with van der Waals surface area (Å²) in [6.07, 6.45) is -0.539. The lowest BCUT2D eigenvalue weighted by molar-refractivity contribution is -0.237. The second kappa shape index (κ2) is 11.9. The van der Waals surface area contributed by atoms with E-state index in [9.17, 15) is 34.4 Å². The molecule has 0 aromatic heterocycles. The van der Waals surface area contributed by atoms with Crippen molar-refractivity contribution in [2.45, 2.75) is 122 Å². The number of hydrogen-bond acceptors (Lipinski definition) is 10. The minimum atomic E-state index is -2.74. The minimum absolute atomic E-state index is 0.232. The predicted molar refractivity (Wildman–Crippen MR) is 129 cm³/mol. The molecule has 2 aliphatic rings. The molecule has 0 bridgehead atoms. The second-order valence-electron chi connectivity index (χ2n) is 12.1. The number of carboxylic acid groups (broad SMARTS) is 3. The number of aliphatic hydroxyl groups is 1. The smallest absolute Gasteiger partial charge is 0.336 e. The first kappa shape index (κ1) is 34.6. The molecule has 0 atom stereocenters. The Morgan fingerprint density at radius 1 is 0.649 bits per heavy atom. The number of carbonyl (C=O) groups is 5. The van der Waals surface area contributed by atoms with E-state index >= 15 is 0 Å². The third kappa shape index (κ3) is 10.1. The van der Waals surface area contributed by atoms with Crippen LogP contribution in [0.15, 0.2) is 0 Å². The molecule has 2 heterocycles. The van der Waals surface area contributed by atoms with Gasteiger partial charge in [0, 0.05) is 47.8 Å². The molecule has 0 radical (unpaired) electrons. The summed E-state index contributed by atoms with van der Waals surface area (Å²) in [5.74, 6) is -4.56. The van der Waals surface area contributed by atoms with Crippen molar-refractivity contribution in [1.82, 2.24) is 10.1 Å². The van der Waals surface area contributed by atoms with Crippen molar-refractivity contribution in [1.29, 1.82) is 0 Å². The quantitative estimate of drug-likeness (QED) is 0.298. The van der Waals surface area contributed by atoms with E-state index < -0.39 is 58.5 Å². The molecule has 37 heavy (non-hydrogen) atoms. The highest BCUT2D eigenvalue weighted by molar-refractivity contribution is 5.88. The average Bonchev–Trinajstić information content (AvgIpc) is 2.62. The monoisotopic (exact) mass is 534 g/mol. The number of hydroxylamine groups is 4. The summed E-state index contributed by atoms with van der Waals surface area (Å²) in [5.41, 5.74) is -4.41. The van der Waals surface area contributed by atoms with Crippen LogP contribution in [0.2, 0.25) is 0 Å². The van der Waals surface area contributed by atoms with Crippen LogP contribution in [0.5, 0.6) is 0 Å². The van der Waals surface area contributed by atoms with Crippen LogP contribution < -0.4 is 0 Å². The largest absolute Gasteiger partial charge is 0.481 e. The van der Waals surface area contributed by atoms with E-state index in [0.717, 1.165) is 0 Å². The Labute approximate surface area is 216 Å². The fraction of sp³-hybridized carbons (Fsp3) is 0.792. The van der Waals surface area contributed by atoms with Crippen molar-refractivity contribution in [3.63, 3.8) is 0 Å². The molecule has 0 aliphatic carbocycles. The highest BCUT2D eigenvalue weighted by Crippen LogP contribution is 2.35. The Morgan fingerprint density at radius 3 is 1.03 bits per heavy atom. The van der Waals surface area contributed by atoms with Crippen LogP contribution in [0.4, 0.5) is 0 Å². The summed E-state index contributed by atoms with van der Waals surface area (Å²) < 4.78 is 0. The Bertz CT molecular complexity index is 791. The number of piperidine rings is 2. The van der Waals surface area contributed by atoms with Gasteiger partial charge in [0.2, 0.25) is 0 Å². The van der Waals surface area contributed by atoms with Crippen molar-refractivity contribution in [3.8, 4) is 0 Å². The molecule has 2 fully saturated rings. The zero-order valence-corrected chi connectivity index (χ0v) is 22.9. The number of Topliss-reactive ketones (excluding diaryl/α,β-unsaturated/α-hetero) is 2. The van der Waals surface area contributed by atoms with E-state index in [1.807, 2.05) is 55.4 Å². The number of carbonyl (C=O) groups excluding carboxylic acids is 2. The van der Waals surface area contributed by atoms with Crippen LogP contribution >= 0.6 is 0 Å². The molecule has 0 spiro atoms. The lowest BCUT2D eigenvalue weighted by atomic mass is 9.81. The van der Waals surface area contributed by atoms with Gasteiger partial charge in [0.1, 0.15) is 11.6 Å². The normalized spacial score (nSPS) is 22.6. The van der Waals surface area contributed by atoms with Crippen molar-refractivity contribution in [3.05, 3.63) is 0 Å². The number of nitrogens with zero attached hydrogens (tertiary/aromatic N) is 2. The molecule has 0 unspecified atom stereocenters. The summed E-state index contributed by atoms with van der Waals surface area (Å²) >= 11 is 0. The van der Waals surface area contributed by atoms with Gasteiger partial charge >= 0.3 is 17.9 Å². The van der Waals surface area contributed by atoms with E-state index in [-0.39, 0.29) is 11.6 Å². The first-order chi connectivity index (χ1) is 16.3. The SMILES string of the molecule is CC1(C)CC(=O)CC(C)(C)N1O.CC1(C)CC(=O)CC(C)(C)N1O.O=C(O)CC(O)(CC(=O)O)C(=O)O. The molecule has 0 amide bonds. The first-order valence-corrected chi connectivity index (χ1v) is 11.7. The fourth-order valence-electron chi connectivity index (χ4n) is 4.71. The number of hydrogen-bond donors (Lipinski definition) is 6. The van der Waals surface area contributed by atoms with Gasteiger partial charge in [0.25, 0.3) is 0 Å². The molecule has 2 saturated heterocycles. The number of rotatable bonds is 5. The summed E-state index contributed by atoms with van der Waals surface area (Å²) in [4.78, 5) is 53.1. The molecule has 13 nitrogen and oxygen atoms in total. The molecular formula is C24H42N2O11. The van der Waals surface area contributed by atoms with Crippen LogP contribution in [0.25, 0.3) is 0 Å². The summed E-state index contributed by atoms with van der Waals surface area (Å²) in [7, 11) is 0. The standard InChI is InChI=1S/2C9H17NO2.C6H8O7/c2*1-8(2)5-7(11)6-9(3,4)10(8)12;7-3(8)1-6(13,5(11)12)2-4(9)10/h2*12H,5-6H2,1-4H3;13H,1-2H2,(H,7,8)(H,9,10)(H,11,12). The molecule has 13 heteroatoms. The van der Waals surface area contributed by atoms with E-state index in [2.05, 4.69) is 0 Å². The zero-order chi connectivity index (χ0) is 29.8. The van der Waals surface area contributed by atoms with Gasteiger partial charge in [-0.3, -0.25) is 19.2 Å². The maximum atomic E-state index is 11.3. The molecule has 2 aliphatic heterocycles. The van der Waals surface area contributed by atoms with Crippen LogP contribution in [0.1, 0.15) is 93.9 Å². The summed E-state index contributed by atoms with van der Waals surface area (Å²) in [6, 6.07) is 0. The number of ketones is 2. The Hall–Kier alpha value is -2.45. The Kier molecular flexibility index (Phi) is 11.2. The van der Waals surface area contributed by atoms with Crippen molar-refractivity contribution >= 4 is 29.5 Å². The first-order valence-electron chi connectivity index (χ1n) is 11.7. The van der Waals surface area contributed by atoms with Gasteiger partial charge in [-0.15, -0.1) is 0 Å². The van der Waals surface area contributed by atoms with Gasteiger partial charge in [-0.25, -0.2) is 4.79 Å². The van der Waals surface area contributed by atoms with Gasteiger partial charge in [-0.1, -0.05) is 0 Å². The maximum absolute atomic E-state index is 11.3. The molecule has 2 rings (SSSR count). The molecular weight excluding hydrogens is 492 g/mol. The van der Waals surface area contributed by atoms with E-state index in [0.29, 0.717) is 25.7 Å². The van der Waals surface area contributed by atoms with Crippen LogP contribution in [0, 0.1) is 0 Å². The van der Waals surface area contributed by atoms with Crippen LogP contribution in [-0.4, -0.2) is 98.2 Å². The summed E-state index contributed by atoms with van der Waals surface area (Å²) in [5, 5.41) is 56.0. The van der Waals surface area contributed by atoms with Crippen LogP contribution in [-0.2, 0) is 24.0 Å². The average molecular weight is 535 g/mol. The topological polar surface area (TPSA) is 213 Å². The molecule has 6 N–H and O–H groups in total. The summed E-state index contributed by atoms with van der Waals surface area (Å²) in [6.45, 7) is 15.0. The van der Waals surface area contributed by atoms with E-state index in [4.69, 9.17) is 20.4 Å². The third-order valence-corrected chi connectivity index (χ3v) is 6.10. The van der Waals surface area contributed by atoms with Gasteiger partial charge in [0.05, 0.1) is 12.8 Å². The molecule has 0 aromatic carbocycles. The van der Waals surface area contributed by atoms with Crippen molar-refractivity contribution in [2.24, 2.45) is 0 Å². The van der Waals surface area contributed by atoms with Gasteiger partial charge < -0.3 is 30.8 Å². The Balaban J connectivity index is 0.000000526. The minimum Gasteiger partial charge on any atom is -0.481 e. The van der Waals surface area contributed by atoms with Crippen molar-refractivity contribution in [2.75, 3.05) is 0 Å². The molecule has 214 valence electrons. The van der Waals surface area contributed by atoms with E-state index in [1.54, 1.807) is 0 Å². The molecule has 0 aromatic rings. The molecule has 0 saturated carbocycles. The van der Waals surface area contributed by atoms with Gasteiger partial charge in [0.15, 0.2) is 5.60 Å². The number of aliphatic carboxylic acids is 3. The zero-order valence-electron chi connectivity index (χ0n) is 22.9. The fourth-order valence-corrected chi connectivity index (χ4v) is 4.71. The third-order valence-electron chi connectivity index (χ3n) is 6.10. The second-order valence-corrected chi connectivity index (χ2v) is 12.1. The van der Waals surface area contributed by atoms with Crippen molar-refractivity contribution < 1.29 is 54.8 Å². The van der Waals surface area contributed by atoms with Gasteiger partial charge in [-0.05, 0) is 55.4 Å². The van der Waals surface area contributed by atoms with Gasteiger partial charge in [-0.2, -0.15) is 10.1 Å². The lowest BCUT2D eigenvalue weighted by Gasteiger charge is -2.47. The maximum Gasteiger partial charge on any atom is 0.336 e. The number of carboxylic acids is 3.